The van der Waals surface area contributed by atoms with Crippen molar-refractivity contribution in [1.29, 1.82) is 0 Å². The molecule has 0 aliphatic heterocycles. The van der Waals surface area contributed by atoms with E-state index in [1.807, 2.05) is 0 Å². The van der Waals surface area contributed by atoms with Crippen molar-refractivity contribution in [3.05, 3.63) is 0 Å². The van der Waals surface area contributed by atoms with E-state index in [1.54, 1.807) is 6.92 Å². The predicted octanol–water partition coefficient (Wildman–Crippen LogP) is -2.17. The van der Waals surface area contributed by atoms with Gasteiger partial charge in [0.15, 0.2) is 0 Å². The third kappa shape index (κ3) is 16.4. The summed E-state index contributed by atoms with van der Waals surface area (Å²) in [6.45, 7) is 0.712. The van der Waals surface area contributed by atoms with Crippen LogP contribution in [-0.2, 0) is 0 Å². The summed E-state index contributed by atoms with van der Waals surface area (Å²) in [7, 11) is 0. The lowest BCUT2D eigenvalue weighted by molar-refractivity contribution is 0.0450. The van der Waals surface area contributed by atoms with E-state index in [0.717, 1.165) is 0 Å². The van der Waals surface area contributed by atoms with E-state index in [2.05, 4.69) is 0 Å². The van der Waals surface area contributed by atoms with E-state index < -0.39 is 12.2 Å². The van der Waals surface area contributed by atoms with Gasteiger partial charge in [0.2, 0.25) is 0 Å². The van der Waals surface area contributed by atoms with Gasteiger partial charge in [-0.2, -0.15) is 0 Å². The number of hydrogen-bond donors (Lipinski definition) is 6. The first-order chi connectivity index (χ1) is 6.97. The normalized spacial score (nSPS) is 14.4. The Morgan fingerprint density at radius 2 is 1.13 bits per heavy atom. The van der Waals surface area contributed by atoms with Crippen LogP contribution in [0.15, 0.2) is 0 Å². The monoisotopic (exact) mass is 226 g/mol. The molecule has 6 nitrogen and oxygen atoms in total. The van der Waals surface area contributed by atoms with Gasteiger partial charge in [-0.05, 0) is 19.8 Å². The molecule has 6 heteroatoms. The summed E-state index contributed by atoms with van der Waals surface area (Å²) in [5.74, 6) is 0. The molecular formula is C9H22O6. The standard InChI is InChI=1S/C6H14O3.C3H8O3/c1-5(8)2-3-6(9)4-7;4-1-3(6)2-5/h5-9H,2-4H2,1H3;3-6H,1-2H2. The van der Waals surface area contributed by atoms with Crippen LogP contribution < -0.4 is 0 Å². The maximum Gasteiger partial charge on any atom is 0.100 e. The fourth-order valence-corrected chi connectivity index (χ4v) is 0.583. The van der Waals surface area contributed by atoms with Gasteiger partial charge in [-0.1, -0.05) is 0 Å². The summed E-state index contributed by atoms with van der Waals surface area (Å²) in [5, 5.41) is 49.8. The van der Waals surface area contributed by atoms with Crippen molar-refractivity contribution in [2.24, 2.45) is 0 Å². The fourth-order valence-electron chi connectivity index (χ4n) is 0.583. The zero-order chi connectivity index (χ0) is 12.3. The van der Waals surface area contributed by atoms with E-state index in [4.69, 9.17) is 30.6 Å². The summed E-state index contributed by atoms with van der Waals surface area (Å²) >= 11 is 0. The Kier molecular flexibility index (Phi) is 13.5. The van der Waals surface area contributed by atoms with Crippen molar-refractivity contribution in [3.63, 3.8) is 0 Å². The zero-order valence-electron chi connectivity index (χ0n) is 8.95. The number of aliphatic hydroxyl groups is 6. The molecule has 6 N–H and O–H groups in total. The van der Waals surface area contributed by atoms with Crippen molar-refractivity contribution in [2.45, 2.75) is 38.1 Å². The average Bonchev–Trinajstić information content (AvgIpc) is 2.25. The lowest BCUT2D eigenvalue weighted by atomic mass is 10.1. The van der Waals surface area contributed by atoms with Crippen molar-refractivity contribution in [2.75, 3.05) is 19.8 Å². The molecule has 94 valence electrons. The average molecular weight is 226 g/mol. The largest absolute Gasteiger partial charge is 0.394 e. The van der Waals surface area contributed by atoms with E-state index >= 15 is 0 Å². The Morgan fingerprint density at radius 3 is 1.33 bits per heavy atom. The summed E-state index contributed by atoms with van der Waals surface area (Å²) in [5.41, 5.74) is 0. The Balaban J connectivity index is 0. The Hall–Kier alpha value is -0.240. The van der Waals surface area contributed by atoms with Gasteiger partial charge in [0, 0.05) is 0 Å². The molecule has 15 heavy (non-hydrogen) atoms. The second-order valence-corrected chi connectivity index (χ2v) is 3.28. The first-order valence-corrected chi connectivity index (χ1v) is 4.84. The number of rotatable bonds is 6. The molecule has 0 amide bonds. The predicted molar refractivity (Wildman–Crippen MR) is 54.2 cm³/mol. The highest BCUT2D eigenvalue weighted by Gasteiger charge is 2.02. The molecule has 0 rings (SSSR count). The van der Waals surface area contributed by atoms with Gasteiger partial charge >= 0.3 is 0 Å². The topological polar surface area (TPSA) is 121 Å². The maximum absolute atomic E-state index is 8.75. The molecule has 0 aliphatic carbocycles. The first kappa shape index (κ1) is 17.2. The minimum atomic E-state index is -0.954. The molecule has 0 aromatic heterocycles. The van der Waals surface area contributed by atoms with Gasteiger partial charge in [0.1, 0.15) is 6.10 Å². The van der Waals surface area contributed by atoms with Gasteiger partial charge < -0.3 is 30.6 Å². The minimum absolute atomic E-state index is 0.216. The van der Waals surface area contributed by atoms with E-state index in [1.165, 1.54) is 0 Å². The Labute approximate surface area is 89.4 Å². The molecular weight excluding hydrogens is 204 g/mol. The Bertz CT molecular complexity index is 115. The highest BCUT2D eigenvalue weighted by molar-refractivity contribution is 4.55. The van der Waals surface area contributed by atoms with Crippen LogP contribution in [0.2, 0.25) is 0 Å². The fraction of sp³-hybridized carbons (Fsp3) is 1.00. The molecule has 0 bridgehead atoms. The molecule has 0 aromatic rings. The van der Waals surface area contributed by atoms with Gasteiger partial charge in [0.25, 0.3) is 0 Å². The lowest BCUT2D eigenvalue weighted by Crippen LogP contribution is -2.15. The van der Waals surface area contributed by atoms with Crippen molar-refractivity contribution >= 4 is 0 Å². The molecule has 0 saturated heterocycles. The van der Waals surface area contributed by atoms with Gasteiger partial charge in [-0.25, -0.2) is 0 Å². The molecule has 0 heterocycles. The smallest absolute Gasteiger partial charge is 0.100 e. The van der Waals surface area contributed by atoms with Crippen LogP contribution in [0.1, 0.15) is 19.8 Å². The van der Waals surface area contributed by atoms with Gasteiger partial charge in [-0.3, -0.25) is 0 Å². The summed E-state index contributed by atoms with van der Waals surface area (Å²) < 4.78 is 0. The summed E-state index contributed by atoms with van der Waals surface area (Å²) in [4.78, 5) is 0. The van der Waals surface area contributed by atoms with Crippen LogP contribution in [0, 0.1) is 0 Å². The maximum atomic E-state index is 8.75. The van der Waals surface area contributed by atoms with Crippen molar-refractivity contribution < 1.29 is 30.6 Å². The highest BCUT2D eigenvalue weighted by Crippen LogP contribution is 1.99. The van der Waals surface area contributed by atoms with E-state index in [0.29, 0.717) is 12.8 Å². The lowest BCUT2D eigenvalue weighted by Gasteiger charge is -2.07. The third-order valence-corrected chi connectivity index (χ3v) is 1.55. The van der Waals surface area contributed by atoms with Crippen LogP contribution in [0.25, 0.3) is 0 Å². The van der Waals surface area contributed by atoms with Crippen molar-refractivity contribution in [3.8, 4) is 0 Å². The molecule has 0 aliphatic rings. The zero-order valence-corrected chi connectivity index (χ0v) is 8.95. The molecule has 2 unspecified atom stereocenters. The molecule has 0 radical (unpaired) electrons. The third-order valence-electron chi connectivity index (χ3n) is 1.55. The molecule has 0 saturated carbocycles. The molecule has 0 fully saturated rings. The highest BCUT2D eigenvalue weighted by atomic mass is 16.3. The SMILES string of the molecule is CC(O)CCC(O)CO.OCC(O)CO. The minimum Gasteiger partial charge on any atom is -0.394 e. The van der Waals surface area contributed by atoms with Gasteiger partial charge in [0.05, 0.1) is 32.0 Å². The first-order valence-electron chi connectivity index (χ1n) is 4.84. The van der Waals surface area contributed by atoms with Crippen LogP contribution in [-0.4, -0.2) is 68.8 Å². The number of aliphatic hydroxyl groups excluding tert-OH is 6. The summed E-state index contributed by atoms with van der Waals surface area (Å²) in [6.07, 6.45) is -0.994. The van der Waals surface area contributed by atoms with E-state index in [9.17, 15) is 0 Å². The van der Waals surface area contributed by atoms with Crippen LogP contribution in [0.4, 0.5) is 0 Å². The van der Waals surface area contributed by atoms with Crippen LogP contribution in [0.3, 0.4) is 0 Å². The van der Waals surface area contributed by atoms with Crippen LogP contribution >= 0.6 is 0 Å². The summed E-state index contributed by atoms with van der Waals surface area (Å²) in [6, 6.07) is 0. The number of hydrogen-bond acceptors (Lipinski definition) is 6. The molecule has 0 spiro atoms. The van der Waals surface area contributed by atoms with Crippen LogP contribution in [0.5, 0.6) is 0 Å². The van der Waals surface area contributed by atoms with Gasteiger partial charge in [-0.15, -0.1) is 0 Å². The van der Waals surface area contributed by atoms with E-state index in [-0.39, 0.29) is 25.9 Å². The van der Waals surface area contributed by atoms with Crippen molar-refractivity contribution in [1.82, 2.24) is 0 Å². The molecule has 0 aromatic carbocycles. The quantitative estimate of drug-likeness (QED) is 0.306. The molecule has 2 atom stereocenters. The Morgan fingerprint density at radius 1 is 0.733 bits per heavy atom. The second kappa shape index (κ2) is 11.8. The second-order valence-electron chi connectivity index (χ2n) is 3.28.